The van der Waals surface area contributed by atoms with Gasteiger partial charge in [0.15, 0.2) is 0 Å². The average molecular weight is 499 g/mol. The van der Waals surface area contributed by atoms with Gasteiger partial charge in [-0.2, -0.15) is 0 Å². The number of carbonyl (C=O) groups is 2. The third-order valence-electron chi connectivity index (χ3n) is 6.78. The lowest BCUT2D eigenvalue weighted by Crippen LogP contribution is -2.46. The summed E-state index contributed by atoms with van der Waals surface area (Å²) in [5.41, 5.74) is 2.81. The minimum Gasteiger partial charge on any atom is -0.479 e. The Balaban J connectivity index is 1.30. The van der Waals surface area contributed by atoms with Crippen LogP contribution < -0.4 is 0 Å². The highest BCUT2D eigenvalue weighted by Crippen LogP contribution is 2.27. The second kappa shape index (κ2) is 12.1. The third-order valence-corrected chi connectivity index (χ3v) is 7.03. The van der Waals surface area contributed by atoms with E-state index in [1.54, 1.807) is 12.1 Å². The van der Waals surface area contributed by atoms with Gasteiger partial charge in [0.25, 0.3) is 0 Å². The molecule has 1 aromatic heterocycles. The van der Waals surface area contributed by atoms with E-state index < -0.39 is 12.6 Å². The summed E-state index contributed by atoms with van der Waals surface area (Å²) in [6.07, 6.45) is 6.90. The van der Waals surface area contributed by atoms with Crippen LogP contribution in [0.15, 0.2) is 53.9 Å². The van der Waals surface area contributed by atoms with E-state index >= 15 is 0 Å². The van der Waals surface area contributed by atoms with Crippen molar-refractivity contribution >= 4 is 29.2 Å². The molecule has 2 saturated heterocycles. The number of aliphatic carboxylic acids is 1. The number of oxime groups is 1. The molecular formula is C26H31ClN4O4. The van der Waals surface area contributed by atoms with Crippen molar-refractivity contribution in [1.29, 1.82) is 0 Å². The zero-order chi connectivity index (χ0) is 24.6. The number of pyridine rings is 1. The van der Waals surface area contributed by atoms with Gasteiger partial charge in [0.05, 0.1) is 5.71 Å². The van der Waals surface area contributed by atoms with E-state index in [-0.39, 0.29) is 17.7 Å². The molecule has 0 atom stereocenters. The fourth-order valence-electron chi connectivity index (χ4n) is 4.86. The molecule has 0 spiro atoms. The van der Waals surface area contributed by atoms with Gasteiger partial charge < -0.3 is 14.8 Å². The number of piperidine rings is 2. The molecule has 2 aromatic rings. The first-order valence-electron chi connectivity index (χ1n) is 12.1. The number of likely N-dealkylation sites (tertiary alicyclic amines) is 2. The smallest absolute Gasteiger partial charge is 0.344 e. The maximum atomic E-state index is 13.2. The van der Waals surface area contributed by atoms with Crippen LogP contribution in [-0.4, -0.2) is 70.3 Å². The molecule has 2 aliphatic rings. The highest BCUT2D eigenvalue weighted by molar-refractivity contribution is 6.30. The zero-order valence-electron chi connectivity index (χ0n) is 19.7. The molecule has 4 rings (SSSR count). The Morgan fingerprint density at radius 1 is 0.971 bits per heavy atom. The second-order valence-electron chi connectivity index (χ2n) is 9.16. The number of benzene rings is 1. The average Bonchev–Trinajstić information content (AvgIpc) is 2.88. The van der Waals surface area contributed by atoms with Gasteiger partial charge in [0, 0.05) is 48.9 Å². The van der Waals surface area contributed by atoms with Gasteiger partial charge >= 0.3 is 5.97 Å². The predicted octanol–water partition coefficient (Wildman–Crippen LogP) is 3.69. The molecule has 0 radical (unpaired) electrons. The highest BCUT2D eigenvalue weighted by atomic mass is 35.5. The molecule has 35 heavy (non-hydrogen) atoms. The van der Waals surface area contributed by atoms with Crippen molar-refractivity contribution in [3.63, 3.8) is 0 Å². The Morgan fingerprint density at radius 3 is 2.23 bits per heavy atom. The summed E-state index contributed by atoms with van der Waals surface area (Å²) in [6, 6.07) is 11.4. The Labute approximate surface area is 210 Å². The molecule has 186 valence electrons. The molecule has 1 amide bonds. The lowest BCUT2D eigenvalue weighted by atomic mass is 9.87. The van der Waals surface area contributed by atoms with Crippen molar-refractivity contribution in [1.82, 2.24) is 14.8 Å². The fourth-order valence-corrected chi connectivity index (χ4v) is 4.98. The Bertz CT molecular complexity index is 1020. The van der Waals surface area contributed by atoms with Crippen LogP contribution in [0.1, 0.15) is 36.8 Å². The van der Waals surface area contributed by atoms with E-state index in [9.17, 15) is 9.59 Å². The Hall–Kier alpha value is -2.97. The molecule has 0 saturated carbocycles. The Kier molecular flexibility index (Phi) is 8.71. The molecule has 3 heterocycles. The molecule has 0 bridgehead atoms. The monoisotopic (exact) mass is 498 g/mol. The summed E-state index contributed by atoms with van der Waals surface area (Å²) in [7, 11) is 0. The summed E-state index contributed by atoms with van der Waals surface area (Å²) in [6.45, 7) is 3.56. The first-order valence-corrected chi connectivity index (χ1v) is 12.4. The van der Waals surface area contributed by atoms with E-state index in [1.165, 1.54) is 5.56 Å². The number of rotatable bonds is 8. The highest BCUT2D eigenvalue weighted by Gasteiger charge is 2.32. The fraction of sp³-hybridized carbons (Fsp3) is 0.462. The van der Waals surface area contributed by atoms with Gasteiger partial charge in [-0.3, -0.25) is 14.7 Å². The maximum Gasteiger partial charge on any atom is 0.344 e. The lowest BCUT2D eigenvalue weighted by molar-refractivity contribution is -0.142. The summed E-state index contributed by atoms with van der Waals surface area (Å²) in [5, 5.41) is 13.7. The van der Waals surface area contributed by atoms with Crippen LogP contribution in [0.3, 0.4) is 0 Å². The Morgan fingerprint density at radius 2 is 1.60 bits per heavy atom. The molecule has 0 unspecified atom stereocenters. The van der Waals surface area contributed by atoms with E-state index in [1.807, 2.05) is 41.6 Å². The van der Waals surface area contributed by atoms with Gasteiger partial charge in [-0.05, 0) is 74.2 Å². The molecule has 2 aliphatic heterocycles. The van der Waals surface area contributed by atoms with Crippen molar-refractivity contribution < 1.29 is 19.5 Å². The molecule has 8 nitrogen and oxygen atoms in total. The van der Waals surface area contributed by atoms with Crippen LogP contribution >= 0.6 is 11.6 Å². The van der Waals surface area contributed by atoms with Crippen molar-refractivity contribution in [3.8, 4) is 0 Å². The van der Waals surface area contributed by atoms with Gasteiger partial charge in [-0.25, -0.2) is 4.79 Å². The number of carbonyl (C=O) groups excluding carboxylic acids is 1. The topological polar surface area (TPSA) is 95.3 Å². The largest absolute Gasteiger partial charge is 0.479 e. The quantitative estimate of drug-likeness (QED) is 0.440. The minimum atomic E-state index is -1.07. The standard InChI is InChI=1S/C26H31ClN4O4/c27-23-3-1-20(2-4-23)25(29-35-18-24(32)33)21-9-15-31(16-10-21)26(34)22-7-13-30(14-8-22)17-19-5-11-28-12-6-19/h1-6,11-12,21-22H,7-10,13-18H2,(H,32,33). The van der Waals surface area contributed by atoms with Crippen molar-refractivity contribution in [2.45, 2.75) is 32.2 Å². The molecule has 1 aromatic carbocycles. The number of hydrogen-bond acceptors (Lipinski definition) is 6. The number of halogens is 1. The molecule has 2 fully saturated rings. The van der Waals surface area contributed by atoms with Crippen molar-refractivity contribution in [3.05, 3.63) is 64.9 Å². The molecule has 1 N–H and O–H groups in total. The van der Waals surface area contributed by atoms with Crippen LogP contribution in [0.5, 0.6) is 0 Å². The number of nitrogens with zero attached hydrogens (tertiary/aromatic N) is 4. The summed E-state index contributed by atoms with van der Waals surface area (Å²) in [4.78, 5) is 37.6. The molecule has 9 heteroatoms. The number of carboxylic acids is 1. The summed E-state index contributed by atoms with van der Waals surface area (Å²) < 4.78 is 0. The van der Waals surface area contributed by atoms with Crippen molar-refractivity contribution in [2.24, 2.45) is 17.0 Å². The lowest BCUT2D eigenvalue weighted by Gasteiger charge is -2.37. The van der Waals surface area contributed by atoms with Crippen LogP contribution in [0.2, 0.25) is 5.02 Å². The van der Waals surface area contributed by atoms with Crippen molar-refractivity contribution in [2.75, 3.05) is 32.8 Å². The number of carboxylic acid groups (broad SMARTS) is 1. The summed E-state index contributed by atoms with van der Waals surface area (Å²) >= 11 is 6.03. The van der Waals surface area contributed by atoms with Crippen LogP contribution in [0.25, 0.3) is 0 Å². The van der Waals surface area contributed by atoms with E-state index in [2.05, 4.69) is 15.0 Å². The van der Waals surface area contributed by atoms with Crippen LogP contribution in [0.4, 0.5) is 0 Å². The minimum absolute atomic E-state index is 0.0727. The van der Waals surface area contributed by atoms with Gasteiger partial charge in [0.2, 0.25) is 12.5 Å². The van der Waals surface area contributed by atoms with Gasteiger partial charge in [0.1, 0.15) is 0 Å². The number of aromatic nitrogens is 1. The van der Waals surface area contributed by atoms with E-state index in [0.717, 1.165) is 50.9 Å². The first-order chi connectivity index (χ1) is 17.0. The third kappa shape index (κ3) is 7.02. The number of amides is 1. The molecular weight excluding hydrogens is 468 g/mol. The summed E-state index contributed by atoms with van der Waals surface area (Å²) in [5.74, 6) is -0.671. The van der Waals surface area contributed by atoms with Gasteiger partial charge in [-0.15, -0.1) is 0 Å². The number of hydrogen-bond donors (Lipinski definition) is 1. The SMILES string of the molecule is O=C(O)CON=C(c1ccc(Cl)cc1)C1CCN(C(=O)C2CCN(Cc3ccncc3)CC2)CC1. The maximum absolute atomic E-state index is 13.2. The van der Waals surface area contributed by atoms with Gasteiger partial charge in [-0.1, -0.05) is 28.9 Å². The second-order valence-corrected chi connectivity index (χ2v) is 9.59. The van der Waals surface area contributed by atoms with E-state index in [0.29, 0.717) is 23.8 Å². The van der Waals surface area contributed by atoms with Crippen LogP contribution in [0, 0.1) is 11.8 Å². The normalized spacial score (nSPS) is 18.4. The van der Waals surface area contributed by atoms with E-state index in [4.69, 9.17) is 21.5 Å². The predicted molar refractivity (Wildman–Crippen MR) is 133 cm³/mol. The van der Waals surface area contributed by atoms with Crippen LogP contribution in [-0.2, 0) is 21.0 Å². The zero-order valence-corrected chi connectivity index (χ0v) is 20.4. The molecule has 0 aliphatic carbocycles. The first kappa shape index (κ1) is 25.1.